The first-order valence-electron chi connectivity index (χ1n) is 6.35. The van der Waals surface area contributed by atoms with Crippen molar-refractivity contribution in [2.75, 3.05) is 13.1 Å². The van der Waals surface area contributed by atoms with Gasteiger partial charge < -0.3 is 4.90 Å². The van der Waals surface area contributed by atoms with Crippen LogP contribution in [-0.4, -0.2) is 29.8 Å². The van der Waals surface area contributed by atoms with Crippen molar-refractivity contribution >= 4 is 5.78 Å². The van der Waals surface area contributed by atoms with Crippen molar-refractivity contribution in [3.05, 3.63) is 0 Å². The molecule has 0 aliphatic heterocycles. The van der Waals surface area contributed by atoms with Crippen molar-refractivity contribution in [1.82, 2.24) is 4.90 Å². The van der Waals surface area contributed by atoms with Crippen molar-refractivity contribution in [3.8, 4) is 0 Å². The van der Waals surface area contributed by atoms with E-state index < -0.39 is 0 Å². The molecule has 0 fully saturated rings. The molecule has 0 saturated carbocycles. The Balaban J connectivity index is 4.00. The highest BCUT2D eigenvalue weighted by Crippen LogP contribution is 2.08. The normalized spacial score (nSPS) is 13.1. The van der Waals surface area contributed by atoms with Gasteiger partial charge in [0.25, 0.3) is 0 Å². The second-order valence-electron chi connectivity index (χ2n) is 4.50. The van der Waals surface area contributed by atoms with Gasteiger partial charge in [0, 0.05) is 12.5 Å². The second kappa shape index (κ2) is 8.90. The highest BCUT2D eigenvalue weighted by Gasteiger charge is 2.14. The first-order chi connectivity index (χ1) is 7.11. The molecule has 2 heteroatoms. The lowest BCUT2D eigenvalue weighted by Gasteiger charge is -2.28. The smallest absolute Gasteiger partial charge is 0.131 e. The minimum atomic E-state index is 0.306. The summed E-state index contributed by atoms with van der Waals surface area (Å²) in [4.78, 5) is 13.5. The van der Waals surface area contributed by atoms with Crippen LogP contribution in [0.3, 0.4) is 0 Å². The van der Waals surface area contributed by atoms with Crippen molar-refractivity contribution < 1.29 is 4.79 Å². The molecule has 15 heavy (non-hydrogen) atoms. The maximum atomic E-state index is 11.1. The van der Waals surface area contributed by atoms with Gasteiger partial charge in [-0.3, -0.25) is 4.79 Å². The third kappa shape index (κ3) is 7.55. The van der Waals surface area contributed by atoms with Gasteiger partial charge in [0.15, 0.2) is 0 Å². The van der Waals surface area contributed by atoms with Crippen LogP contribution in [0.2, 0.25) is 0 Å². The van der Waals surface area contributed by atoms with Gasteiger partial charge in [-0.1, -0.05) is 26.7 Å². The van der Waals surface area contributed by atoms with Gasteiger partial charge >= 0.3 is 0 Å². The Morgan fingerprint density at radius 1 is 1.13 bits per heavy atom. The van der Waals surface area contributed by atoms with E-state index in [0.717, 1.165) is 13.1 Å². The van der Waals surface area contributed by atoms with Crippen LogP contribution in [0, 0.1) is 0 Å². The van der Waals surface area contributed by atoms with Crippen LogP contribution in [0.5, 0.6) is 0 Å². The van der Waals surface area contributed by atoms with Gasteiger partial charge in [0.1, 0.15) is 5.78 Å². The summed E-state index contributed by atoms with van der Waals surface area (Å²) < 4.78 is 0. The fourth-order valence-electron chi connectivity index (χ4n) is 1.82. The summed E-state index contributed by atoms with van der Waals surface area (Å²) in [6, 6.07) is 0.417. The second-order valence-corrected chi connectivity index (χ2v) is 4.50. The molecule has 0 aromatic carbocycles. The van der Waals surface area contributed by atoms with Crippen LogP contribution in [0.25, 0.3) is 0 Å². The Kier molecular flexibility index (Phi) is 8.68. The van der Waals surface area contributed by atoms with Gasteiger partial charge in [0.2, 0.25) is 0 Å². The van der Waals surface area contributed by atoms with Crippen molar-refractivity contribution in [3.63, 3.8) is 0 Å². The zero-order valence-corrected chi connectivity index (χ0v) is 10.9. The summed E-state index contributed by atoms with van der Waals surface area (Å²) in [6.07, 6.45) is 5.65. The molecule has 0 radical (unpaired) electrons. The van der Waals surface area contributed by atoms with E-state index in [0.29, 0.717) is 18.2 Å². The topological polar surface area (TPSA) is 20.3 Å². The Hall–Kier alpha value is -0.370. The largest absolute Gasteiger partial charge is 0.300 e. The highest BCUT2D eigenvalue weighted by atomic mass is 16.1. The van der Waals surface area contributed by atoms with Gasteiger partial charge in [0.05, 0.1) is 0 Å². The molecule has 90 valence electrons. The third-order valence-electron chi connectivity index (χ3n) is 2.80. The van der Waals surface area contributed by atoms with Gasteiger partial charge in [-0.15, -0.1) is 0 Å². The van der Waals surface area contributed by atoms with E-state index in [9.17, 15) is 4.79 Å². The van der Waals surface area contributed by atoms with E-state index in [4.69, 9.17) is 0 Å². The Labute approximate surface area is 95.0 Å². The van der Waals surface area contributed by atoms with Crippen LogP contribution in [-0.2, 0) is 4.79 Å². The molecule has 0 aromatic heterocycles. The fourth-order valence-corrected chi connectivity index (χ4v) is 1.82. The van der Waals surface area contributed by atoms with Crippen LogP contribution in [0.4, 0.5) is 0 Å². The Bertz CT molecular complexity index is 160. The average Bonchev–Trinajstić information content (AvgIpc) is 2.17. The molecule has 0 spiro atoms. The predicted molar refractivity (Wildman–Crippen MR) is 66.1 cm³/mol. The molecule has 0 heterocycles. The molecule has 0 bridgehead atoms. The number of ketones is 1. The van der Waals surface area contributed by atoms with Gasteiger partial charge in [-0.2, -0.15) is 0 Å². The van der Waals surface area contributed by atoms with Crippen molar-refractivity contribution in [1.29, 1.82) is 0 Å². The molecule has 0 N–H and O–H groups in total. The molecular weight excluding hydrogens is 186 g/mol. The van der Waals surface area contributed by atoms with E-state index in [2.05, 4.69) is 25.7 Å². The van der Waals surface area contributed by atoms with E-state index in [1.165, 1.54) is 25.7 Å². The standard InChI is InChI=1S/C13H27NO/c1-5-7-9-14(10-8-6-2)12(3)11-13(4)15/h12H,5-11H2,1-4H3. The average molecular weight is 213 g/mol. The van der Waals surface area contributed by atoms with E-state index in [1.807, 2.05) is 0 Å². The summed E-state index contributed by atoms with van der Waals surface area (Å²) in [5.74, 6) is 0.306. The number of carbonyl (C=O) groups is 1. The summed E-state index contributed by atoms with van der Waals surface area (Å²) >= 11 is 0. The molecule has 0 rings (SSSR count). The summed E-state index contributed by atoms with van der Waals surface area (Å²) in [5.41, 5.74) is 0. The molecule has 0 aliphatic carbocycles. The minimum absolute atomic E-state index is 0.306. The molecule has 0 amide bonds. The number of nitrogens with zero attached hydrogens (tertiary/aromatic N) is 1. The molecular formula is C13H27NO. The van der Waals surface area contributed by atoms with Crippen LogP contribution >= 0.6 is 0 Å². The zero-order valence-electron chi connectivity index (χ0n) is 10.9. The van der Waals surface area contributed by atoms with Gasteiger partial charge in [-0.25, -0.2) is 0 Å². The summed E-state index contributed by atoms with van der Waals surface area (Å²) in [5, 5.41) is 0. The zero-order chi connectivity index (χ0) is 11.7. The predicted octanol–water partition coefficient (Wildman–Crippen LogP) is 3.26. The highest BCUT2D eigenvalue weighted by molar-refractivity contribution is 5.76. The fraction of sp³-hybridized carbons (Fsp3) is 0.923. The first-order valence-corrected chi connectivity index (χ1v) is 6.35. The summed E-state index contributed by atoms with van der Waals surface area (Å²) in [7, 11) is 0. The third-order valence-corrected chi connectivity index (χ3v) is 2.80. The molecule has 0 aliphatic rings. The van der Waals surface area contributed by atoms with E-state index in [1.54, 1.807) is 6.92 Å². The molecule has 1 unspecified atom stereocenters. The van der Waals surface area contributed by atoms with Crippen LogP contribution in [0.1, 0.15) is 59.8 Å². The maximum absolute atomic E-state index is 11.1. The monoisotopic (exact) mass is 213 g/mol. The van der Waals surface area contributed by atoms with Crippen LogP contribution in [0.15, 0.2) is 0 Å². The van der Waals surface area contributed by atoms with E-state index in [-0.39, 0.29) is 0 Å². The maximum Gasteiger partial charge on any atom is 0.131 e. The lowest BCUT2D eigenvalue weighted by Crippen LogP contribution is -2.36. The SMILES string of the molecule is CCCCN(CCCC)C(C)CC(C)=O. The lowest BCUT2D eigenvalue weighted by atomic mass is 10.1. The number of hydrogen-bond donors (Lipinski definition) is 0. The quantitative estimate of drug-likeness (QED) is 0.586. The molecule has 0 saturated heterocycles. The number of Topliss-reactive ketones (excluding diaryl/α,β-unsaturated/α-hetero) is 1. The van der Waals surface area contributed by atoms with Crippen LogP contribution < -0.4 is 0 Å². The minimum Gasteiger partial charge on any atom is -0.300 e. The van der Waals surface area contributed by atoms with Gasteiger partial charge in [-0.05, 0) is 39.8 Å². The lowest BCUT2D eigenvalue weighted by molar-refractivity contribution is -0.118. The number of hydrogen-bond acceptors (Lipinski definition) is 2. The van der Waals surface area contributed by atoms with E-state index >= 15 is 0 Å². The number of unbranched alkanes of at least 4 members (excludes halogenated alkanes) is 2. The molecule has 1 atom stereocenters. The molecule has 0 aromatic rings. The van der Waals surface area contributed by atoms with Crippen molar-refractivity contribution in [2.45, 2.75) is 65.8 Å². The first kappa shape index (κ1) is 14.6. The summed E-state index contributed by atoms with van der Waals surface area (Å²) in [6.45, 7) is 10.6. The van der Waals surface area contributed by atoms with Crippen molar-refractivity contribution in [2.24, 2.45) is 0 Å². The Morgan fingerprint density at radius 2 is 1.60 bits per heavy atom. The molecule has 2 nitrogen and oxygen atoms in total. The Morgan fingerprint density at radius 3 is 1.93 bits per heavy atom. The number of carbonyl (C=O) groups excluding carboxylic acids is 1. The number of rotatable bonds is 9.